The fraction of sp³-hybridized carbons (Fsp3) is 0.231. The van der Waals surface area contributed by atoms with Crippen molar-refractivity contribution in [2.24, 2.45) is 11.0 Å². The number of hydrogen-bond acceptors (Lipinski definition) is 9. The van der Waals surface area contributed by atoms with Crippen LogP contribution in [0.4, 0.5) is 5.69 Å². The molecule has 2 N–H and O–H groups in total. The molecule has 0 bridgehead atoms. The van der Waals surface area contributed by atoms with Crippen molar-refractivity contribution in [3.63, 3.8) is 0 Å². The number of carbonyl (C=O) groups is 1. The van der Waals surface area contributed by atoms with Gasteiger partial charge in [0, 0.05) is 22.2 Å². The summed E-state index contributed by atoms with van der Waals surface area (Å²) in [5, 5.41) is 14.7. The van der Waals surface area contributed by atoms with Gasteiger partial charge in [0.15, 0.2) is 5.75 Å². The highest BCUT2D eigenvalue weighted by Crippen LogP contribution is 2.26. The molecule has 41 heavy (non-hydrogen) atoms. The molecule has 3 aromatic rings. The number of hydrogen-bond donors (Lipinski definition) is 2. The summed E-state index contributed by atoms with van der Waals surface area (Å²) in [6.45, 7) is 5.49. The highest BCUT2D eigenvalue weighted by atomic mass is 79.9. The molecule has 0 fully saturated rings. The van der Waals surface area contributed by atoms with Crippen molar-refractivity contribution in [1.29, 1.82) is 0 Å². The molecule has 0 aromatic heterocycles. The molecule has 1 amide bonds. The maximum Gasteiger partial charge on any atom is 0.339 e. The molecule has 0 heterocycles. The molecule has 0 radical (unpaired) electrons. The molecule has 0 aliphatic rings. The molecular formula is C26H27BrN4O8S2. The second kappa shape index (κ2) is 13.3. The highest BCUT2D eigenvalue weighted by Gasteiger charge is 2.26. The third kappa shape index (κ3) is 8.91. The van der Waals surface area contributed by atoms with Gasteiger partial charge in [0.25, 0.3) is 11.6 Å². The zero-order valence-electron chi connectivity index (χ0n) is 22.1. The van der Waals surface area contributed by atoms with E-state index in [9.17, 15) is 31.7 Å². The third-order valence-corrected chi connectivity index (χ3v) is 8.77. The topological polar surface area (TPSA) is 174 Å². The van der Waals surface area contributed by atoms with Crippen molar-refractivity contribution in [3.8, 4) is 5.75 Å². The van der Waals surface area contributed by atoms with Gasteiger partial charge in [0.2, 0.25) is 10.0 Å². The predicted octanol–water partition coefficient (Wildman–Crippen LogP) is 4.28. The number of carbonyl (C=O) groups excluding carboxylic acids is 1. The van der Waals surface area contributed by atoms with Gasteiger partial charge in [0.05, 0.1) is 16.0 Å². The van der Waals surface area contributed by atoms with E-state index in [2.05, 4.69) is 31.2 Å². The Labute approximate surface area is 246 Å². The van der Waals surface area contributed by atoms with Gasteiger partial charge in [-0.2, -0.15) is 18.2 Å². The van der Waals surface area contributed by atoms with Gasteiger partial charge in [-0.1, -0.05) is 47.5 Å². The van der Waals surface area contributed by atoms with Gasteiger partial charge < -0.3 is 4.18 Å². The van der Waals surface area contributed by atoms with E-state index in [4.69, 9.17) is 4.18 Å². The molecule has 3 rings (SSSR count). The first-order chi connectivity index (χ1) is 19.2. The summed E-state index contributed by atoms with van der Waals surface area (Å²) in [6.07, 6.45) is 1.33. The number of benzene rings is 3. The van der Waals surface area contributed by atoms with Gasteiger partial charge in [-0.3, -0.25) is 14.9 Å². The van der Waals surface area contributed by atoms with Gasteiger partial charge in [-0.25, -0.2) is 13.8 Å². The number of amides is 1. The van der Waals surface area contributed by atoms with Gasteiger partial charge in [0.1, 0.15) is 10.9 Å². The van der Waals surface area contributed by atoms with Crippen LogP contribution in [0, 0.1) is 23.0 Å². The number of hydrazone groups is 1. The minimum atomic E-state index is -4.37. The average molecular weight is 668 g/mol. The summed E-state index contributed by atoms with van der Waals surface area (Å²) < 4.78 is 59.5. The Hall–Kier alpha value is -3.66. The SMILES string of the molecule is Cc1ccc(S(=O)(=O)N[C@H](CC(C)C)C(=O)N/N=C\c2cc(Br)ccc2OS(=O)(=O)c2ccc([N+](=O)[O-])cc2)cc1. The molecule has 218 valence electrons. The van der Waals surface area contributed by atoms with Crippen molar-refractivity contribution in [1.82, 2.24) is 10.1 Å². The number of sulfonamides is 1. The zero-order chi connectivity index (χ0) is 30.4. The first-order valence-corrected chi connectivity index (χ1v) is 15.8. The Morgan fingerprint density at radius 3 is 2.22 bits per heavy atom. The number of aryl methyl sites for hydroxylation is 1. The molecule has 0 aliphatic carbocycles. The molecule has 3 aromatic carbocycles. The van der Waals surface area contributed by atoms with Gasteiger partial charge in [-0.15, -0.1) is 0 Å². The number of nitro benzene ring substituents is 1. The van der Waals surface area contributed by atoms with Crippen LogP contribution >= 0.6 is 15.9 Å². The monoisotopic (exact) mass is 666 g/mol. The lowest BCUT2D eigenvalue weighted by Gasteiger charge is -2.19. The van der Waals surface area contributed by atoms with E-state index in [1.165, 1.54) is 30.3 Å². The maximum atomic E-state index is 12.9. The summed E-state index contributed by atoms with van der Waals surface area (Å²) in [5.74, 6) is -0.893. The van der Waals surface area contributed by atoms with Crippen molar-refractivity contribution >= 4 is 53.9 Å². The summed E-state index contributed by atoms with van der Waals surface area (Å²) in [6, 6.07) is 13.6. The minimum Gasteiger partial charge on any atom is -0.378 e. The number of nitrogens with zero attached hydrogens (tertiary/aromatic N) is 2. The van der Waals surface area contributed by atoms with E-state index in [0.717, 1.165) is 36.0 Å². The Bertz CT molecular complexity index is 1660. The number of halogens is 1. The van der Waals surface area contributed by atoms with Crippen LogP contribution in [0.25, 0.3) is 0 Å². The van der Waals surface area contributed by atoms with Crippen molar-refractivity contribution in [2.45, 2.75) is 43.0 Å². The van der Waals surface area contributed by atoms with E-state index in [1.54, 1.807) is 12.1 Å². The number of non-ortho nitro benzene ring substituents is 1. The summed E-state index contributed by atoms with van der Waals surface area (Å²) >= 11 is 3.28. The van der Waals surface area contributed by atoms with Gasteiger partial charge in [-0.05, 0) is 61.7 Å². The first-order valence-electron chi connectivity index (χ1n) is 12.1. The number of nitro groups is 1. The lowest BCUT2D eigenvalue weighted by molar-refractivity contribution is -0.384. The van der Waals surface area contributed by atoms with Crippen molar-refractivity contribution < 1.29 is 30.7 Å². The van der Waals surface area contributed by atoms with E-state index < -0.39 is 37.0 Å². The zero-order valence-corrected chi connectivity index (χ0v) is 25.4. The Morgan fingerprint density at radius 2 is 1.63 bits per heavy atom. The minimum absolute atomic E-state index is 0.0123. The molecular weight excluding hydrogens is 640 g/mol. The number of rotatable bonds is 12. The Balaban J connectivity index is 1.79. The lowest BCUT2D eigenvalue weighted by atomic mass is 10.0. The molecule has 0 spiro atoms. The third-order valence-electron chi connectivity index (χ3n) is 5.54. The van der Waals surface area contributed by atoms with Crippen LogP contribution in [0.3, 0.4) is 0 Å². The van der Waals surface area contributed by atoms with Crippen LogP contribution in [-0.4, -0.2) is 39.9 Å². The van der Waals surface area contributed by atoms with Crippen molar-refractivity contribution in [2.75, 3.05) is 0 Å². The van der Waals surface area contributed by atoms with Crippen molar-refractivity contribution in [3.05, 3.63) is 92.4 Å². The normalized spacial score (nSPS) is 12.8. The molecule has 1 atom stereocenters. The van der Waals surface area contributed by atoms with Crippen LogP contribution in [0.15, 0.2) is 86.1 Å². The highest BCUT2D eigenvalue weighted by molar-refractivity contribution is 9.10. The van der Waals surface area contributed by atoms with Gasteiger partial charge >= 0.3 is 10.1 Å². The van der Waals surface area contributed by atoms with Crippen LogP contribution in [0.1, 0.15) is 31.4 Å². The van der Waals surface area contributed by atoms with E-state index in [1.807, 2.05) is 20.8 Å². The maximum absolute atomic E-state index is 12.9. The summed E-state index contributed by atoms with van der Waals surface area (Å²) in [4.78, 5) is 22.8. The number of nitrogens with one attached hydrogen (secondary N) is 2. The summed E-state index contributed by atoms with van der Waals surface area (Å²) in [5.41, 5.74) is 3.05. The van der Waals surface area contributed by atoms with Crippen LogP contribution in [-0.2, 0) is 24.9 Å². The Morgan fingerprint density at radius 1 is 1.02 bits per heavy atom. The standard InChI is InChI=1S/C26H27BrN4O8S2/c1-17(2)14-24(30-40(35,36)22-9-4-18(3)5-10-22)26(32)29-28-16-19-15-20(27)6-13-25(19)39-41(37,38)23-11-7-21(8-12-23)31(33)34/h4-13,15-17,24,30H,14H2,1-3H3,(H,29,32)/b28-16-/t24-/m1/s1. The smallest absolute Gasteiger partial charge is 0.339 e. The van der Waals surface area contributed by atoms with Crippen LogP contribution < -0.4 is 14.3 Å². The molecule has 0 saturated carbocycles. The van der Waals surface area contributed by atoms with Crippen LogP contribution in [0.5, 0.6) is 5.75 Å². The second-order valence-electron chi connectivity index (χ2n) is 9.32. The van der Waals surface area contributed by atoms with E-state index in [-0.39, 0.29) is 39.1 Å². The average Bonchev–Trinajstić information content (AvgIpc) is 2.89. The fourth-order valence-electron chi connectivity index (χ4n) is 3.49. The molecule has 0 unspecified atom stereocenters. The fourth-order valence-corrected chi connectivity index (χ4v) is 6.03. The second-order valence-corrected chi connectivity index (χ2v) is 13.5. The molecule has 15 heteroatoms. The Kier molecular flexibility index (Phi) is 10.4. The largest absolute Gasteiger partial charge is 0.378 e. The summed E-state index contributed by atoms with van der Waals surface area (Å²) in [7, 11) is -8.38. The quantitative estimate of drug-likeness (QED) is 0.125. The van der Waals surface area contributed by atoms with E-state index in [0.29, 0.717) is 4.47 Å². The molecule has 0 aliphatic heterocycles. The first kappa shape index (κ1) is 31.9. The van der Waals surface area contributed by atoms with E-state index >= 15 is 0 Å². The van der Waals surface area contributed by atoms with Crippen LogP contribution in [0.2, 0.25) is 0 Å². The lowest BCUT2D eigenvalue weighted by Crippen LogP contribution is -2.46. The molecule has 12 nitrogen and oxygen atoms in total. The predicted molar refractivity (Wildman–Crippen MR) is 156 cm³/mol. The molecule has 0 saturated heterocycles.